The van der Waals surface area contributed by atoms with Crippen molar-refractivity contribution in [1.29, 1.82) is 0 Å². The van der Waals surface area contributed by atoms with Crippen LogP contribution in [0.5, 0.6) is 0 Å². The van der Waals surface area contributed by atoms with Gasteiger partial charge in [0.25, 0.3) is 5.91 Å². The molecule has 3 aromatic rings. The molecule has 2 aliphatic heterocycles. The molecule has 1 unspecified atom stereocenters. The smallest absolute Gasteiger partial charge is 0.254 e. The first-order chi connectivity index (χ1) is 14.2. The Balaban J connectivity index is 1.55. The largest absolute Gasteiger partial charge is 0.337 e. The van der Waals surface area contributed by atoms with Gasteiger partial charge in [-0.05, 0) is 44.9 Å². The average molecular weight is 390 g/mol. The molecule has 1 atom stereocenters. The lowest BCUT2D eigenvalue weighted by atomic mass is 10.0. The van der Waals surface area contributed by atoms with Gasteiger partial charge in [-0.3, -0.25) is 14.4 Å². The first-order valence-electron chi connectivity index (χ1n) is 10.7. The normalized spacial score (nSPS) is 20.0. The van der Waals surface area contributed by atoms with Gasteiger partial charge in [-0.1, -0.05) is 18.2 Å². The lowest BCUT2D eigenvalue weighted by Crippen LogP contribution is -2.39. The number of para-hydroxylation sites is 1. The first kappa shape index (κ1) is 18.3. The topological polar surface area (TPSA) is 54.3 Å². The number of fused-ring (bicyclic) bond motifs is 2. The van der Waals surface area contributed by atoms with Crippen molar-refractivity contribution < 1.29 is 4.79 Å². The zero-order valence-corrected chi connectivity index (χ0v) is 16.9. The van der Waals surface area contributed by atoms with Crippen molar-refractivity contribution in [3.8, 4) is 11.3 Å². The highest BCUT2D eigenvalue weighted by Crippen LogP contribution is 2.27. The Morgan fingerprint density at radius 1 is 1.17 bits per heavy atom. The van der Waals surface area contributed by atoms with Crippen LogP contribution in [0.1, 0.15) is 36.5 Å². The van der Waals surface area contributed by atoms with E-state index in [1.54, 1.807) is 0 Å². The molecule has 6 nitrogen and oxygen atoms in total. The molecular weight excluding hydrogens is 362 g/mol. The minimum absolute atomic E-state index is 0.126. The predicted molar refractivity (Wildman–Crippen MR) is 114 cm³/mol. The third-order valence-corrected chi connectivity index (χ3v) is 6.29. The molecule has 6 heteroatoms. The van der Waals surface area contributed by atoms with Crippen molar-refractivity contribution in [2.45, 2.75) is 38.8 Å². The number of aryl methyl sites for hydroxylation is 1. The van der Waals surface area contributed by atoms with Gasteiger partial charge in [0.15, 0.2) is 0 Å². The molecule has 2 saturated heterocycles. The molecule has 5 rings (SSSR count). The van der Waals surface area contributed by atoms with E-state index >= 15 is 0 Å². The van der Waals surface area contributed by atoms with Crippen LogP contribution in [0.3, 0.4) is 0 Å². The molecule has 0 N–H and O–H groups in total. The number of hydrogen-bond acceptors (Lipinski definition) is 4. The Morgan fingerprint density at radius 3 is 2.90 bits per heavy atom. The van der Waals surface area contributed by atoms with Gasteiger partial charge in [-0.2, -0.15) is 5.10 Å². The average Bonchev–Trinajstić information content (AvgIpc) is 3.37. The van der Waals surface area contributed by atoms with E-state index in [4.69, 9.17) is 4.98 Å². The minimum Gasteiger partial charge on any atom is -0.337 e. The van der Waals surface area contributed by atoms with Crippen molar-refractivity contribution in [3.05, 3.63) is 48.3 Å². The summed E-state index contributed by atoms with van der Waals surface area (Å²) in [6.07, 6.45) is 7.31. The van der Waals surface area contributed by atoms with Gasteiger partial charge in [-0.25, -0.2) is 4.98 Å². The molecule has 2 fully saturated rings. The molecule has 4 heterocycles. The molecule has 150 valence electrons. The fourth-order valence-electron chi connectivity index (χ4n) is 4.73. The highest BCUT2D eigenvalue weighted by Gasteiger charge is 2.31. The van der Waals surface area contributed by atoms with E-state index in [9.17, 15) is 4.79 Å². The van der Waals surface area contributed by atoms with Gasteiger partial charge in [0.2, 0.25) is 0 Å². The lowest BCUT2D eigenvalue weighted by Gasteiger charge is -2.26. The van der Waals surface area contributed by atoms with Crippen molar-refractivity contribution in [2.75, 3.05) is 26.2 Å². The van der Waals surface area contributed by atoms with Crippen LogP contribution in [-0.4, -0.2) is 62.7 Å². The van der Waals surface area contributed by atoms with Crippen molar-refractivity contribution in [1.82, 2.24) is 24.6 Å². The van der Waals surface area contributed by atoms with Crippen LogP contribution >= 0.6 is 0 Å². The fraction of sp³-hybridized carbons (Fsp3) is 0.435. The van der Waals surface area contributed by atoms with Gasteiger partial charge in [0.1, 0.15) is 0 Å². The van der Waals surface area contributed by atoms with Crippen LogP contribution in [-0.2, 0) is 6.54 Å². The number of rotatable bonds is 3. The van der Waals surface area contributed by atoms with Gasteiger partial charge in [0, 0.05) is 49.4 Å². The minimum atomic E-state index is 0.126. The number of amides is 1. The fourth-order valence-corrected chi connectivity index (χ4v) is 4.73. The van der Waals surface area contributed by atoms with Gasteiger partial charge in [0.05, 0.1) is 23.0 Å². The summed E-state index contributed by atoms with van der Waals surface area (Å²) in [5.41, 5.74) is 3.37. The summed E-state index contributed by atoms with van der Waals surface area (Å²) < 4.78 is 1.89. The summed E-state index contributed by atoms with van der Waals surface area (Å²) in [7, 11) is 0. The number of benzene rings is 1. The van der Waals surface area contributed by atoms with E-state index in [1.807, 2.05) is 47.4 Å². The molecular formula is C23H27N5O. The van der Waals surface area contributed by atoms with E-state index in [-0.39, 0.29) is 5.91 Å². The maximum atomic E-state index is 13.7. The predicted octanol–water partition coefficient (Wildman–Crippen LogP) is 3.43. The summed E-state index contributed by atoms with van der Waals surface area (Å²) in [6.45, 7) is 6.81. The maximum Gasteiger partial charge on any atom is 0.254 e. The molecule has 0 saturated carbocycles. The summed E-state index contributed by atoms with van der Waals surface area (Å²) in [5, 5.41) is 5.31. The number of carbonyl (C=O) groups excluding carboxylic acids is 1. The van der Waals surface area contributed by atoms with Gasteiger partial charge >= 0.3 is 0 Å². The second kappa shape index (κ2) is 7.59. The Kier molecular flexibility index (Phi) is 4.79. The van der Waals surface area contributed by atoms with Gasteiger partial charge < -0.3 is 4.90 Å². The monoisotopic (exact) mass is 389 g/mol. The van der Waals surface area contributed by atoms with E-state index < -0.39 is 0 Å². The number of nitrogens with zero attached hydrogens (tertiary/aromatic N) is 5. The number of carbonyl (C=O) groups is 1. The van der Waals surface area contributed by atoms with E-state index in [2.05, 4.69) is 21.8 Å². The lowest BCUT2D eigenvalue weighted by molar-refractivity contribution is 0.0745. The van der Waals surface area contributed by atoms with Crippen molar-refractivity contribution in [3.63, 3.8) is 0 Å². The van der Waals surface area contributed by atoms with Crippen LogP contribution in [0.2, 0.25) is 0 Å². The van der Waals surface area contributed by atoms with Crippen molar-refractivity contribution in [2.24, 2.45) is 0 Å². The Labute approximate surface area is 171 Å². The second-order valence-corrected chi connectivity index (χ2v) is 8.09. The quantitative estimate of drug-likeness (QED) is 0.689. The maximum absolute atomic E-state index is 13.7. The van der Waals surface area contributed by atoms with Gasteiger partial charge in [-0.15, -0.1) is 0 Å². The van der Waals surface area contributed by atoms with Crippen LogP contribution < -0.4 is 0 Å². The summed E-state index contributed by atoms with van der Waals surface area (Å²) >= 11 is 0. The third kappa shape index (κ3) is 3.42. The zero-order valence-electron chi connectivity index (χ0n) is 16.9. The van der Waals surface area contributed by atoms with E-state index in [0.29, 0.717) is 6.04 Å². The molecule has 1 aromatic carbocycles. The standard InChI is InChI=1S/C23H27N5O/c1-2-28-15-17(14-24-28)22-13-20(19-8-3-4-9-21(19)25-22)23(29)27-12-6-11-26-10-5-7-18(26)16-27/h3-4,8-9,13-15,18H,2,5-7,10-12,16H2,1H3. The first-order valence-corrected chi connectivity index (χ1v) is 10.7. The number of aromatic nitrogens is 3. The Hall–Kier alpha value is -2.73. The summed E-state index contributed by atoms with van der Waals surface area (Å²) in [5.74, 6) is 0.126. The van der Waals surface area contributed by atoms with Crippen LogP contribution in [0.4, 0.5) is 0 Å². The molecule has 29 heavy (non-hydrogen) atoms. The second-order valence-electron chi connectivity index (χ2n) is 8.09. The molecule has 0 bridgehead atoms. The molecule has 0 aliphatic carbocycles. The van der Waals surface area contributed by atoms with E-state index in [1.165, 1.54) is 19.4 Å². The van der Waals surface area contributed by atoms with Crippen molar-refractivity contribution >= 4 is 16.8 Å². The molecule has 0 radical (unpaired) electrons. The highest BCUT2D eigenvalue weighted by molar-refractivity contribution is 6.07. The van der Waals surface area contributed by atoms with Crippen LogP contribution in [0.25, 0.3) is 22.2 Å². The van der Waals surface area contributed by atoms with Crippen LogP contribution in [0.15, 0.2) is 42.7 Å². The van der Waals surface area contributed by atoms with E-state index in [0.717, 1.165) is 60.3 Å². The molecule has 2 aliphatic rings. The number of pyridine rings is 1. The Morgan fingerprint density at radius 2 is 2.03 bits per heavy atom. The molecule has 0 spiro atoms. The number of hydrogen-bond donors (Lipinski definition) is 0. The molecule has 1 amide bonds. The third-order valence-electron chi connectivity index (χ3n) is 6.29. The summed E-state index contributed by atoms with van der Waals surface area (Å²) in [4.78, 5) is 23.1. The SMILES string of the molecule is CCn1cc(-c2cc(C(=O)N3CCCN4CCCC4C3)c3ccccc3n2)cn1. The highest BCUT2D eigenvalue weighted by atomic mass is 16.2. The summed E-state index contributed by atoms with van der Waals surface area (Å²) in [6, 6.07) is 10.4. The Bertz CT molecular complexity index is 1040. The molecule has 2 aromatic heterocycles. The van der Waals surface area contributed by atoms with Crippen LogP contribution in [0, 0.1) is 0 Å². The zero-order chi connectivity index (χ0) is 19.8.